The number of aliphatic hydroxyl groups is 2. The third-order valence-corrected chi connectivity index (χ3v) is 4.06. The van der Waals surface area contributed by atoms with E-state index in [1.165, 1.54) is 12.5 Å². The Balaban J connectivity index is 2.64. The van der Waals surface area contributed by atoms with Gasteiger partial charge in [0, 0.05) is 10.8 Å². The van der Waals surface area contributed by atoms with E-state index in [0.717, 1.165) is 25.7 Å². The molecule has 0 aromatic rings. The molecule has 0 aromatic carbocycles. The largest absolute Gasteiger partial charge is 0.501 e. The van der Waals surface area contributed by atoms with Crippen LogP contribution in [0.5, 0.6) is 0 Å². The van der Waals surface area contributed by atoms with Gasteiger partial charge in [0.15, 0.2) is 0 Å². The van der Waals surface area contributed by atoms with Crippen LogP contribution in [0.15, 0.2) is 25.7 Å². The first kappa shape index (κ1) is 15.1. The highest BCUT2D eigenvalue weighted by atomic mass is 16.5. The molecule has 4 nitrogen and oxygen atoms in total. The average molecular weight is 256 g/mol. The molecule has 104 valence electrons. The van der Waals surface area contributed by atoms with Crippen molar-refractivity contribution in [3.63, 3.8) is 0 Å². The number of rotatable bonds is 8. The third-order valence-electron chi connectivity index (χ3n) is 4.06. The summed E-state index contributed by atoms with van der Waals surface area (Å²) in [7, 11) is 0. The Morgan fingerprint density at radius 1 is 0.833 bits per heavy atom. The molecule has 1 aliphatic rings. The minimum Gasteiger partial charge on any atom is -0.501 e. The van der Waals surface area contributed by atoms with Crippen molar-refractivity contribution in [2.24, 2.45) is 10.8 Å². The van der Waals surface area contributed by atoms with E-state index in [-0.39, 0.29) is 24.0 Å². The maximum atomic E-state index is 9.41. The van der Waals surface area contributed by atoms with Crippen molar-refractivity contribution >= 4 is 0 Å². The zero-order valence-electron chi connectivity index (χ0n) is 10.9. The van der Waals surface area contributed by atoms with Gasteiger partial charge in [0.2, 0.25) is 0 Å². The maximum Gasteiger partial charge on any atom is 0.0961 e. The van der Waals surface area contributed by atoms with Gasteiger partial charge in [-0.15, -0.1) is 0 Å². The van der Waals surface area contributed by atoms with Gasteiger partial charge in [-0.2, -0.15) is 0 Å². The lowest BCUT2D eigenvalue weighted by molar-refractivity contribution is -0.0562. The standard InChI is InChI=1S/C14H24O4/c1-3-17-11-14(12-18-4-2)7-5-13(9-15,10-16)6-8-14/h3-4,15-16H,1-2,5-12H2. The molecule has 1 saturated carbocycles. The van der Waals surface area contributed by atoms with E-state index in [1.54, 1.807) is 0 Å². The summed E-state index contributed by atoms with van der Waals surface area (Å²) in [5.74, 6) is 0. The Kier molecular flexibility index (Phi) is 5.69. The number of aliphatic hydroxyl groups excluding tert-OH is 2. The summed E-state index contributed by atoms with van der Waals surface area (Å²) < 4.78 is 10.7. The quantitative estimate of drug-likeness (QED) is 0.651. The zero-order chi connectivity index (χ0) is 13.5. The van der Waals surface area contributed by atoms with E-state index in [4.69, 9.17) is 9.47 Å². The van der Waals surface area contributed by atoms with Crippen LogP contribution in [0, 0.1) is 10.8 Å². The monoisotopic (exact) mass is 256 g/mol. The highest BCUT2D eigenvalue weighted by Gasteiger charge is 2.43. The predicted octanol–water partition coefficient (Wildman–Crippen LogP) is 1.84. The van der Waals surface area contributed by atoms with Gasteiger partial charge in [-0.1, -0.05) is 13.2 Å². The minimum atomic E-state index is -0.341. The van der Waals surface area contributed by atoms with Crippen LogP contribution < -0.4 is 0 Å². The van der Waals surface area contributed by atoms with E-state index < -0.39 is 0 Å². The van der Waals surface area contributed by atoms with Crippen LogP contribution in [-0.4, -0.2) is 36.6 Å². The Labute approximate surface area is 109 Å². The predicted molar refractivity (Wildman–Crippen MR) is 69.8 cm³/mol. The van der Waals surface area contributed by atoms with E-state index in [0.29, 0.717) is 13.2 Å². The third kappa shape index (κ3) is 3.50. The molecule has 0 spiro atoms. The van der Waals surface area contributed by atoms with Crippen molar-refractivity contribution < 1.29 is 19.7 Å². The Morgan fingerprint density at radius 2 is 1.22 bits per heavy atom. The zero-order valence-corrected chi connectivity index (χ0v) is 10.9. The summed E-state index contributed by atoms with van der Waals surface area (Å²) in [4.78, 5) is 0. The molecule has 4 heteroatoms. The summed E-state index contributed by atoms with van der Waals surface area (Å²) >= 11 is 0. The van der Waals surface area contributed by atoms with Crippen molar-refractivity contribution in [1.29, 1.82) is 0 Å². The van der Waals surface area contributed by atoms with Crippen LogP contribution >= 0.6 is 0 Å². The molecular weight excluding hydrogens is 232 g/mol. The summed E-state index contributed by atoms with van der Waals surface area (Å²) in [6.45, 7) is 8.28. The lowest BCUT2D eigenvalue weighted by Gasteiger charge is -2.44. The van der Waals surface area contributed by atoms with Gasteiger partial charge in [0.25, 0.3) is 0 Å². The number of ether oxygens (including phenoxy) is 2. The maximum absolute atomic E-state index is 9.41. The second-order valence-electron chi connectivity index (χ2n) is 5.27. The Bertz CT molecular complexity index is 247. The molecular formula is C14H24O4. The molecule has 0 aliphatic heterocycles. The Morgan fingerprint density at radius 3 is 1.56 bits per heavy atom. The number of hydrogen-bond acceptors (Lipinski definition) is 4. The highest BCUT2D eigenvalue weighted by molar-refractivity contribution is 4.93. The highest BCUT2D eigenvalue weighted by Crippen LogP contribution is 2.45. The van der Waals surface area contributed by atoms with Crippen LogP contribution in [0.1, 0.15) is 25.7 Å². The SMILES string of the molecule is C=COCC1(COC=C)CCC(CO)(CO)CC1. The molecule has 0 atom stereocenters. The molecule has 0 aromatic heterocycles. The molecule has 0 bridgehead atoms. The van der Waals surface area contributed by atoms with Gasteiger partial charge in [-0.3, -0.25) is 0 Å². The van der Waals surface area contributed by atoms with Crippen LogP contribution in [-0.2, 0) is 9.47 Å². The summed E-state index contributed by atoms with van der Waals surface area (Å²) in [6, 6.07) is 0. The molecule has 0 amide bonds. The second-order valence-corrected chi connectivity index (χ2v) is 5.27. The fourth-order valence-corrected chi connectivity index (χ4v) is 2.48. The molecule has 0 radical (unpaired) electrons. The molecule has 1 aliphatic carbocycles. The first-order valence-corrected chi connectivity index (χ1v) is 6.33. The van der Waals surface area contributed by atoms with Crippen molar-refractivity contribution in [1.82, 2.24) is 0 Å². The summed E-state index contributed by atoms with van der Waals surface area (Å²) in [5.41, 5.74) is -0.415. The van der Waals surface area contributed by atoms with E-state index in [9.17, 15) is 10.2 Å². The molecule has 0 heterocycles. The minimum absolute atomic E-state index is 0.0320. The first-order chi connectivity index (χ1) is 8.66. The summed E-state index contributed by atoms with van der Waals surface area (Å²) in [5, 5.41) is 18.8. The van der Waals surface area contributed by atoms with Crippen molar-refractivity contribution in [3.8, 4) is 0 Å². The van der Waals surface area contributed by atoms with Crippen molar-refractivity contribution in [2.75, 3.05) is 26.4 Å². The van der Waals surface area contributed by atoms with Gasteiger partial charge in [-0.05, 0) is 25.7 Å². The smallest absolute Gasteiger partial charge is 0.0961 e. The van der Waals surface area contributed by atoms with Crippen LogP contribution in [0.4, 0.5) is 0 Å². The van der Waals surface area contributed by atoms with Crippen LogP contribution in [0.2, 0.25) is 0 Å². The van der Waals surface area contributed by atoms with Crippen LogP contribution in [0.25, 0.3) is 0 Å². The average Bonchev–Trinajstić information content (AvgIpc) is 2.44. The van der Waals surface area contributed by atoms with Crippen molar-refractivity contribution in [3.05, 3.63) is 25.7 Å². The van der Waals surface area contributed by atoms with E-state index >= 15 is 0 Å². The van der Waals surface area contributed by atoms with Gasteiger partial charge in [0.1, 0.15) is 0 Å². The topological polar surface area (TPSA) is 58.9 Å². The van der Waals surface area contributed by atoms with Gasteiger partial charge < -0.3 is 19.7 Å². The van der Waals surface area contributed by atoms with Crippen molar-refractivity contribution in [2.45, 2.75) is 25.7 Å². The van der Waals surface area contributed by atoms with Gasteiger partial charge >= 0.3 is 0 Å². The van der Waals surface area contributed by atoms with E-state index in [2.05, 4.69) is 13.2 Å². The lowest BCUT2D eigenvalue weighted by Crippen LogP contribution is -2.43. The molecule has 0 saturated heterocycles. The lowest BCUT2D eigenvalue weighted by atomic mass is 9.64. The molecule has 2 N–H and O–H groups in total. The fourth-order valence-electron chi connectivity index (χ4n) is 2.48. The number of hydrogen-bond donors (Lipinski definition) is 2. The first-order valence-electron chi connectivity index (χ1n) is 6.33. The normalized spacial score (nSPS) is 21.0. The van der Waals surface area contributed by atoms with Gasteiger partial charge in [-0.25, -0.2) is 0 Å². The fraction of sp³-hybridized carbons (Fsp3) is 0.714. The molecule has 1 rings (SSSR count). The Hall–Kier alpha value is -1.00. The van der Waals surface area contributed by atoms with Gasteiger partial charge in [0.05, 0.1) is 39.0 Å². The van der Waals surface area contributed by atoms with E-state index in [1.807, 2.05) is 0 Å². The molecule has 18 heavy (non-hydrogen) atoms. The summed E-state index contributed by atoms with van der Waals surface area (Å²) in [6.07, 6.45) is 6.15. The molecule has 0 unspecified atom stereocenters. The van der Waals surface area contributed by atoms with Crippen LogP contribution in [0.3, 0.4) is 0 Å². The second kappa shape index (κ2) is 6.81. The molecule has 1 fully saturated rings.